The number of carboxylic acids is 2. The molecule has 0 spiro atoms. The minimum absolute atomic E-state index is 0.227. The Bertz CT molecular complexity index is 1060. The van der Waals surface area contributed by atoms with Gasteiger partial charge in [-0.3, -0.25) is 4.79 Å². The zero-order valence-electron chi connectivity index (χ0n) is 16.6. The van der Waals surface area contributed by atoms with E-state index in [0.29, 0.717) is 11.8 Å². The lowest BCUT2D eigenvalue weighted by molar-refractivity contribution is -0.159. The second-order valence-corrected chi connectivity index (χ2v) is 7.24. The number of nitrogens with one attached hydrogen (secondary N) is 2. The van der Waals surface area contributed by atoms with Gasteiger partial charge in [-0.25, -0.2) is 9.59 Å². The Hall–Kier alpha value is -3.59. The predicted molar refractivity (Wildman–Crippen MR) is 110 cm³/mol. The van der Waals surface area contributed by atoms with Crippen LogP contribution in [0, 0.1) is 0 Å². The Balaban J connectivity index is 0.000000377. The third-order valence-corrected chi connectivity index (χ3v) is 5.08. The van der Waals surface area contributed by atoms with Crippen molar-refractivity contribution in [2.75, 3.05) is 19.4 Å². The van der Waals surface area contributed by atoms with Crippen LogP contribution in [0.4, 0.5) is 5.69 Å². The lowest BCUT2D eigenvalue weighted by Crippen LogP contribution is -2.33. The Kier molecular flexibility index (Phi) is 6.22. The summed E-state index contributed by atoms with van der Waals surface area (Å²) < 4.78 is 5.15. The minimum Gasteiger partial charge on any atom is -0.473 e. The van der Waals surface area contributed by atoms with Crippen LogP contribution in [-0.4, -0.2) is 58.1 Å². The summed E-state index contributed by atoms with van der Waals surface area (Å²) in [6.45, 7) is 0. The topological polar surface area (TPSA) is 136 Å². The number of aromatic nitrogens is 1. The summed E-state index contributed by atoms with van der Waals surface area (Å²) in [5.74, 6) is -3.56. The number of hydrogen-bond acceptors (Lipinski definition) is 5. The average molecular weight is 413 g/mol. The van der Waals surface area contributed by atoms with E-state index < -0.39 is 11.9 Å². The van der Waals surface area contributed by atoms with Gasteiger partial charge in [0.2, 0.25) is 0 Å². The monoisotopic (exact) mass is 413 g/mol. The van der Waals surface area contributed by atoms with Gasteiger partial charge in [-0.05, 0) is 69.3 Å². The number of furan rings is 1. The fourth-order valence-electron chi connectivity index (χ4n) is 3.52. The number of benzene rings is 1. The molecule has 2 aromatic heterocycles. The van der Waals surface area contributed by atoms with E-state index in [9.17, 15) is 4.79 Å². The normalized spacial score (nSPS) is 15.2. The molecule has 1 unspecified atom stereocenters. The SMILES string of the molecule is CN(C)C1CCc2[nH]c3ccc(NC(=O)c4ccco4)cc3c2C1.O=C(O)C(=O)O. The molecule has 0 fully saturated rings. The molecule has 0 bridgehead atoms. The van der Waals surface area contributed by atoms with Gasteiger partial charge >= 0.3 is 11.9 Å². The first kappa shape index (κ1) is 21.1. The highest BCUT2D eigenvalue weighted by Gasteiger charge is 2.24. The number of hydrogen-bond donors (Lipinski definition) is 4. The van der Waals surface area contributed by atoms with Gasteiger partial charge in [-0.15, -0.1) is 0 Å². The van der Waals surface area contributed by atoms with E-state index >= 15 is 0 Å². The Morgan fingerprint density at radius 2 is 1.90 bits per heavy atom. The molecule has 0 aliphatic heterocycles. The fraction of sp³-hybridized carbons (Fsp3) is 0.286. The number of H-pyrrole nitrogens is 1. The van der Waals surface area contributed by atoms with Crippen molar-refractivity contribution >= 4 is 34.4 Å². The summed E-state index contributed by atoms with van der Waals surface area (Å²) >= 11 is 0. The van der Waals surface area contributed by atoms with Crippen LogP contribution in [0.3, 0.4) is 0 Å². The minimum atomic E-state index is -1.82. The number of fused-ring (bicyclic) bond motifs is 3. The maximum absolute atomic E-state index is 12.2. The smallest absolute Gasteiger partial charge is 0.414 e. The highest BCUT2D eigenvalue weighted by Crippen LogP contribution is 2.32. The maximum Gasteiger partial charge on any atom is 0.414 e. The van der Waals surface area contributed by atoms with Crippen LogP contribution < -0.4 is 5.32 Å². The number of rotatable bonds is 3. The number of aromatic amines is 1. The molecule has 4 N–H and O–H groups in total. The molecule has 3 aromatic rings. The lowest BCUT2D eigenvalue weighted by atomic mass is 9.91. The Labute approximate surface area is 172 Å². The van der Waals surface area contributed by atoms with E-state index in [-0.39, 0.29) is 5.91 Å². The van der Waals surface area contributed by atoms with Gasteiger partial charge in [-0.1, -0.05) is 0 Å². The summed E-state index contributed by atoms with van der Waals surface area (Å²) in [5, 5.41) is 18.9. The van der Waals surface area contributed by atoms with Gasteiger partial charge in [0.15, 0.2) is 5.76 Å². The Morgan fingerprint density at radius 3 is 2.50 bits per heavy atom. The molecule has 1 aromatic carbocycles. The van der Waals surface area contributed by atoms with Gasteiger partial charge < -0.3 is 29.8 Å². The van der Waals surface area contributed by atoms with Gasteiger partial charge in [-0.2, -0.15) is 0 Å². The third-order valence-electron chi connectivity index (χ3n) is 5.08. The summed E-state index contributed by atoms with van der Waals surface area (Å²) in [6.07, 6.45) is 4.79. The first-order valence-electron chi connectivity index (χ1n) is 9.37. The quantitative estimate of drug-likeness (QED) is 0.485. The standard InChI is InChI=1S/C19H21N3O2.C2H2O4/c1-22(2)13-6-8-17-15(11-13)14-10-12(5-7-16(14)21-17)20-19(23)18-4-3-9-24-18;3-1(4)2(5)6/h3-5,7,9-10,13,21H,6,8,11H2,1-2H3,(H,20,23);(H,3,4)(H,5,6). The van der Waals surface area contributed by atoms with Gasteiger partial charge in [0.05, 0.1) is 6.26 Å². The third kappa shape index (κ3) is 4.69. The van der Waals surface area contributed by atoms with Crippen LogP contribution in [0.5, 0.6) is 0 Å². The molecule has 30 heavy (non-hydrogen) atoms. The van der Waals surface area contributed by atoms with Crippen LogP contribution in [0.25, 0.3) is 10.9 Å². The molecule has 0 radical (unpaired) electrons. The predicted octanol–water partition coefficient (Wildman–Crippen LogP) is 2.59. The first-order chi connectivity index (χ1) is 14.3. The summed E-state index contributed by atoms with van der Waals surface area (Å²) in [4.78, 5) is 36.2. The van der Waals surface area contributed by atoms with Crippen molar-refractivity contribution < 1.29 is 29.0 Å². The zero-order valence-corrected chi connectivity index (χ0v) is 16.6. The molecule has 1 aliphatic carbocycles. The van der Waals surface area contributed by atoms with E-state index in [4.69, 9.17) is 24.2 Å². The number of amides is 1. The molecule has 2 heterocycles. The van der Waals surface area contributed by atoms with E-state index in [2.05, 4.69) is 35.4 Å². The van der Waals surface area contributed by atoms with Crippen molar-refractivity contribution in [3.63, 3.8) is 0 Å². The van der Waals surface area contributed by atoms with Gasteiger partial charge in [0.25, 0.3) is 5.91 Å². The van der Waals surface area contributed by atoms with Gasteiger partial charge in [0, 0.05) is 28.3 Å². The Morgan fingerprint density at radius 1 is 1.17 bits per heavy atom. The lowest BCUT2D eigenvalue weighted by Gasteiger charge is -2.28. The number of aryl methyl sites for hydroxylation is 1. The molecule has 1 aliphatic rings. The molecule has 9 nitrogen and oxygen atoms in total. The van der Waals surface area contributed by atoms with E-state index in [1.54, 1.807) is 12.1 Å². The molecular weight excluding hydrogens is 390 g/mol. The summed E-state index contributed by atoms with van der Waals surface area (Å²) in [7, 11) is 4.28. The van der Waals surface area contributed by atoms with Crippen molar-refractivity contribution in [2.24, 2.45) is 0 Å². The van der Waals surface area contributed by atoms with Crippen LogP contribution in [-0.2, 0) is 22.4 Å². The number of carbonyl (C=O) groups is 3. The van der Waals surface area contributed by atoms with E-state index in [0.717, 1.165) is 24.0 Å². The van der Waals surface area contributed by atoms with Crippen molar-refractivity contribution in [3.8, 4) is 0 Å². The van der Waals surface area contributed by atoms with Crippen LogP contribution >= 0.6 is 0 Å². The molecule has 1 amide bonds. The number of likely N-dealkylation sites (N-methyl/N-ethyl adjacent to an activating group) is 1. The molecular formula is C21H23N3O6. The highest BCUT2D eigenvalue weighted by atomic mass is 16.4. The maximum atomic E-state index is 12.2. The van der Waals surface area contributed by atoms with Crippen LogP contribution in [0.1, 0.15) is 28.2 Å². The summed E-state index contributed by atoms with van der Waals surface area (Å²) in [6, 6.07) is 9.96. The number of anilines is 1. The zero-order chi connectivity index (χ0) is 21.8. The van der Waals surface area contributed by atoms with Gasteiger partial charge in [0.1, 0.15) is 0 Å². The largest absolute Gasteiger partial charge is 0.473 e. The second kappa shape index (κ2) is 8.83. The van der Waals surface area contributed by atoms with Crippen LogP contribution in [0.2, 0.25) is 0 Å². The second-order valence-electron chi connectivity index (χ2n) is 7.24. The van der Waals surface area contributed by atoms with Crippen LogP contribution in [0.15, 0.2) is 41.0 Å². The highest BCUT2D eigenvalue weighted by molar-refractivity contribution is 6.27. The van der Waals surface area contributed by atoms with E-state index in [1.807, 2.05) is 12.1 Å². The fourth-order valence-corrected chi connectivity index (χ4v) is 3.52. The van der Waals surface area contributed by atoms with Crippen molar-refractivity contribution in [3.05, 3.63) is 53.6 Å². The molecule has 0 saturated heterocycles. The number of carboxylic acid groups (broad SMARTS) is 2. The number of carbonyl (C=O) groups excluding carboxylic acids is 1. The summed E-state index contributed by atoms with van der Waals surface area (Å²) in [5.41, 5.74) is 4.63. The van der Waals surface area contributed by atoms with E-state index in [1.165, 1.54) is 29.3 Å². The number of aliphatic carboxylic acids is 2. The average Bonchev–Trinajstić information content (AvgIpc) is 3.36. The van der Waals surface area contributed by atoms with Crippen molar-refractivity contribution in [1.82, 2.24) is 9.88 Å². The molecule has 9 heteroatoms. The molecule has 0 saturated carbocycles. The molecule has 1 atom stereocenters. The molecule has 4 rings (SSSR count). The first-order valence-corrected chi connectivity index (χ1v) is 9.37. The van der Waals surface area contributed by atoms with Crippen molar-refractivity contribution in [1.29, 1.82) is 0 Å². The van der Waals surface area contributed by atoms with Crippen molar-refractivity contribution in [2.45, 2.75) is 25.3 Å². The number of nitrogens with zero attached hydrogens (tertiary/aromatic N) is 1. The molecule has 158 valence electrons.